The molecule has 1 aliphatic rings. The molecule has 1 aliphatic heterocycles. The second kappa shape index (κ2) is 8.08. The minimum atomic E-state index is -0.675. The van der Waals surface area contributed by atoms with Crippen molar-refractivity contribution in [1.82, 2.24) is 4.90 Å². The molecule has 3 rings (SSSR count). The highest BCUT2D eigenvalue weighted by Gasteiger charge is 2.45. The molecule has 1 fully saturated rings. The van der Waals surface area contributed by atoms with Crippen LogP contribution < -0.4 is 0 Å². The number of benzene rings is 2. The molecule has 5 nitrogen and oxygen atoms in total. The van der Waals surface area contributed by atoms with Crippen LogP contribution in [0.1, 0.15) is 43.4 Å². The zero-order chi connectivity index (χ0) is 19.4. The van der Waals surface area contributed by atoms with Gasteiger partial charge in [0.1, 0.15) is 11.5 Å². The molecule has 1 amide bonds. The minimum Gasteiger partial charge on any atom is -0.508 e. The zero-order valence-electron chi connectivity index (χ0n) is 15.3. The average molecular weight is 365 g/mol. The average Bonchev–Trinajstić information content (AvgIpc) is 2.94. The van der Waals surface area contributed by atoms with Crippen molar-refractivity contribution in [2.75, 3.05) is 6.54 Å². The van der Waals surface area contributed by atoms with Crippen LogP contribution in [0.3, 0.4) is 0 Å². The first-order valence-electron chi connectivity index (χ1n) is 9.17. The van der Waals surface area contributed by atoms with E-state index in [0.29, 0.717) is 17.7 Å². The number of phenols is 1. The number of aromatic hydroxyl groups is 1. The Morgan fingerprint density at radius 1 is 1.00 bits per heavy atom. The zero-order valence-corrected chi connectivity index (χ0v) is 15.3. The SMILES string of the molecule is CCCCCN1C(=O)C(=O)/C(=C(\O)c2ccccc2)C1c1ccc(O)cc1. The highest BCUT2D eigenvalue weighted by Crippen LogP contribution is 2.39. The number of likely N-dealkylation sites (tertiary alicyclic amines) is 1. The van der Waals surface area contributed by atoms with E-state index in [1.165, 1.54) is 17.0 Å². The molecule has 27 heavy (non-hydrogen) atoms. The molecule has 1 heterocycles. The molecule has 0 radical (unpaired) electrons. The third kappa shape index (κ3) is 3.72. The van der Waals surface area contributed by atoms with Crippen molar-refractivity contribution in [3.63, 3.8) is 0 Å². The van der Waals surface area contributed by atoms with Gasteiger partial charge in [0.2, 0.25) is 0 Å². The van der Waals surface area contributed by atoms with Gasteiger partial charge in [-0.25, -0.2) is 0 Å². The molecule has 5 heteroatoms. The third-order valence-corrected chi connectivity index (χ3v) is 4.80. The summed E-state index contributed by atoms with van der Waals surface area (Å²) in [5, 5.41) is 20.4. The number of ketones is 1. The maximum atomic E-state index is 12.8. The molecule has 1 saturated heterocycles. The normalized spacial score (nSPS) is 18.9. The second-order valence-electron chi connectivity index (χ2n) is 6.66. The van der Waals surface area contributed by atoms with Crippen LogP contribution in [-0.2, 0) is 9.59 Å². The van der Waals surface area contributed by atoms with Crippen molar-refractivity contribution in [1.29, 1.82) is 0 Å². The van der Waals surface area contributed by atoms with Gasteiger partial charge in [-0.15, -0.1) is 0 Å². The van der Waals surface area contributed by atoms with Crippen LogP contribution >= 0.6 is 0 Å². The monoisotopic (exact) mass is 365 g/mol. The van der Waals surface area contributed by atoms with Gasteiger partial charge >= 0.3 is 0 Å². The molecule has 0 bridgehead atoms. The minimum absolute atomic E-state index is 0.0911. The Morgan fingerprint density at radius 3 is 2.30 bits per heavy atom. The Balaban J connectivity index is 2.10. The molecule has 2 aromatic carbocycles. The summed E-state index contributed by atoms with van der Waals surface area (Å²) < 4.78 is 0. The number of hydrogen-bond acceptors (Lipinski definition) is 4. The summed E-state index contributed by atoms with van der Waals surface area (Å²) in [7, 11) is 0. The van der Waals surface area contributed by atoms with Crippen molar-refractivity contribution in [3.8, 4) is 5.75 Å². The van der Waals surface area contributed by atoms with E-state index in [9.17, 15) is 19.8 Å². The van der Waals surface area contributed by atoms with Crippen LogP contribution in [0.15, 0.2) is 60.2 Å². The highest BCUT2D eigenvalue weighted by molar-refractivity contribution is 6.46. The topological polar surface area (TPSA) is 77.8 Å². The first-order valence-corrected chi connectivity index (χ1v) is 9.17. The maximum Gasteiger partial charge on any atom is 0.295 e. The molecule has 0 spiro atoms. The molecule has 2 aromatic rings. The lowest BCUT2D eigenvalue weighted by atomic mass is 9.95. The standard InChI is InChI=1S/C22H23NO4/c1-2-3-7-14-23-19(15-10-12-17(24)13-11-15)18(21(26)22(23)27)20(25)16-8-5-4-6-9-16/h4-6,8-13,19,24-25H,2-3,7,14H2,1H3/b20-18-. The highest BCUT2D eigenvalue weighted by atomic mass is 16.3. The number of amides is 1. The van der Waals surface area contributed by atoms with Crippen molar-refractivity contribution >= 4 is 17.4 Å². The second-order valence-corrected chi connectivity index (χ2v) is 6.66. The van der Waals surface area contributed by atoms with E-state index in [-0.39, 0.29) is 17.1 Å². The fourth-order valence-corrected chi connectivity index (χ4v) is 3.40. The Hall–Kier alpha value is -3.08. The number of aliphatic hydroxyl groups is 1. The van der Waals surface area contributed by atoms with Crippen LogP contribution in [-0.4, -0.2) is 33.3 Å². The molecular formula is C22H23NO4. The van der Waals surface area contributed by atoms with E-state index in [2.05, 4.69) is 6.92 Å². The summed E-state index contributed by atoms with van der Waals surface area (Å²) in [6.45, 7) is 2.51. The van der Waals surface area contributed by atoms with E-state index in [0.717, 1.165) is 19.3 Å². The number of hydrogen-bond donors (Lipinski definition) is 2. The van der Waals surface area contributed by atoms with E-state index >= 15 is 0 Å². The largest absolute Gasteiger partial charge is 0.508 e. The smallest absolute Gasteiger partial charge is 0.295 e. The Kier molecular flexibility index (Phi) is 5.60. The van der Waals surface area contributed by atoms with Gasteiger partial charge in [-0.3, -0.25) is 9.59 Å². The molecule has 1 unspecified atom stereocenters. The molecule has 140 valence electrons. The lowest BCUT2D eigenvalue weighted by molar-refractivity contribution is -0.139. The van der Waals surface area contributed by atoms with Gasteiger partial charge in [-0.2, -0.15) is 0 Å². The maximum absolute atomic E-state index is 12.8. The summed E-state index contributed by atoms with van der Waals surface area (Å²) in [5.41, 5.74) is 1.27. The van der Waals surface area contributed by atoms with Crippen molar-refractivity contribution < 1.29 is 19.8 Å². The van der Waals surface area contributed by atoms with E-state index in [4.69, 9.17) is 0 Å². The number of rotatable bonds is 6. The van der Waals surface area contributed by atoms with Crippen LogP contribution in [0.4, 0.5) is 0 Å². The number of phenolic OH excluding ortho intramolecular Hbond substituents is 1. The van der Waals surface area contributed by atoms with Gasteiger partial charge < -0.3 is 15.1 Å². The summed E-state index contributed by atoms with van der Waals surface area (Å²) in [6.07, 6.45) is 2.73. The van der Waals surface area contributed by atoms with Crippen LogP contribution in [0.25, 0.3) is 5.76 Å². The van der Waals surface area contributed by atoms with Gasteiger partial charge in [0.25, 0.3) is 11.7 Å². The van der Waals surface area contributed by atoms with Crippen LogP contribution in [0.2, 0.25) is 0 Å². The number of nitrogens with zero attached hydrogens (tertiary/aromatic N) is 1. The molecular weight excluding hydrogens is 342 g/mol. The van der Waals surface area contributed by atoms with Gasteiger partial charge in [0, 0.05) is 12.1 Å². The predicted octanol–water partition coefficient (Wildman–Crippen LogP) is 4.00. The summed E-state index contributed by atoms with van der Waals surface area (Å²) >= 11 is 0. The predicted molar refractivity (Wildman–Crippen MR) is 103 cm³/mol. The van der Waals surface area contributed by atoms with Gasteiger partial charge in [0.05, 0.1) is 11.6 Å². The summed E-state index contributed by atoms with van der Waals surface area (Å²) in [4.78, 5) is 27.0. The molecule has 0 aliphatic carbocycles. The molecule has 1 atom stereocenters. The number of aliphatic hydroxyl groups excluding tert-OH is 1. The molecule has 0 aromatic heterocycles. The van der Waals surface area contributed by atoms with Crippen molar-refractivity contribution in [2.45, 2.75) is 32.2 Å². The summed E-state index contributed by atoms with van der Waals surface area (Å²) in [5.74, 6) is -1.35. The van der Waals surface area contributed by atoms with E-state index in [1.54, 1.807) is 36.4 Å². The van der Waals surface area contributed by atoms with E-state index < -0.39 is 17.7 Å². The molecule has 0 saturated carbocycles. The number of carbonyl (C=O) groups excluding carboxylic acids is 2. The fraction of sp³-hybridized carbons (Fsp3) is 0.273. The lowest BCUT2D eigenvalue weighted by Gasteiger charge is -2.25. The first kappa shape index (κ1) is 18.7. The Labute approximate surface area is 158 Å². The van der Waals surface area contributed by atoms with Crippen molar-refractivity contribution in [2.24, 2.45) is 0 Å². The number of carbonyl (C=O) groups is 2. The van der Waals surface area contributed by atoms with Gasteiger partial charge in [-0.05, 0) is 24.1 Å². The van der Waals surface area contributed by atoms with Gasteiger partial charge in [0.15, 0.2) is 0 Å². The quantitative estimate of drug-likeness (QED) is 0.351. The Morgan fingerprint density at radius 2 is 1.67 bits per heavy atom. The lowest BCUT2D eigenvalue weighted by Crippen LogP contribution is -2.30. The van der Waals surface area contributed by atoms with Crippen LogP contribution in [0.5, 0.6) is 5.75 Å². The number of unbranched alkanes of at least 4 members (excludes halogenated alkanes) is 2. The van der Waals surface area contributed by atoms with Crippen LogP contribution in [0, 0.1) is 0 Å². The number of Topliss-reactive ketones (excluding diaryl/α,β-unsaturated/α-hetero) is 1. The van der Waals surface area contributed by atoms with Gasteiger partial charge in [-0.1, -0.05) is 62.2 Å². The molecule has 2 N–H and O–H groups in total. The fourth-order valence-electron chi connectivity index (χ4n) is 3.40. The first-order chi connectivity index (χ1) is 13.0. The Bertz CT molecular complexity index is 856. The third-order valence-electron chi connectivity index (χ3n) is 4.80. The van der Waals surface area contributed by atoms with Crippen molar-refractivity contribution in [3.05, 3.63) is 71.3 Å². The van der Waals surface area contributed by atoms with E-state index in [1.807, 2.05) is 6.07 Å². The summed E-state index contributed by atoms with van der Waals surface area (Å²) in [6, 6.07) is 14.5.